The molecule has 0 amide bonds. The zero-order valence-electron chi connectivity index (χ0n) is 11.6. The fraction of sp³-hybridized carbons (Fsp3) is 0.933. The van der Waals surface area contributed by atoms with E-state index in [0.29, 0.717) is 6.10 Å². The van der Waals surface area contributed by atoms with Gasteiger partial charge in [0.25, 0.3) is 0 Å². The monoisotopic (exact) mass is 251 g/mol. The summed E-state index contributed by atoms with van der Waals surface area (Å²) in [5.74, 6) is 0.687. The van der Waals surface area contributed by atoms with Gasteiger partial charge < -0.3 is 9.47 Å². The van der Waals surface area contributed by atoms with Gasteiger partial charge in [0, 0.05) is 7.11 Å². The first-order valence-electron chi connectivity index (χ1n) is 7.32. The van der Waals surface area contributed by atoms with Crippen LogP contribution in [0.2, 0.25) is 0 Å². The molecule has 0 aliphatic heterocycles. The van der Waals surface area contributed by atoms with E-state index >= 15 is 0 Å². The molecular formula is C15H25NO2. The van der Waals surface area contributed by atoms with Gasteiger partial charge in [-0.2, -0.15) is 5.26 Å². The standard InChI is InChI=1S/C15H25NO2/c1-11-5-3-6-12(9-11)18-15-8-4-7-14(17-2)13(15)10-16/h11-15H,3-9H2,1-2H3. The van der Waals surface area contributed by atoms with E-state index in [4.69, 9.17) is 9.47 Å². The molecule has 0 aromatic rings. The number of nitriles is 1. The highest BCUT2D eigenvalue weighted by atomic mass is 16.5. The molecule has 0 heterocycles. The average molecular weight is 251 g/mol. The van der Waals surface area contributed by atoms with Gasteiger partial charge in [0.1, 0.15) is 0 Å². The Morgan fingerprint density at radius 3 is 2.44 bits per heavy atom. The molecule has 102 valence electrons. The lowest BCUT2D eigenvalue weighted by Gasteiger charge is -2.37. The van der Waals surface area contributed by atoms with Gasteiger partial charge in [-0.1, -0.05) is 19.8 Å². The Morgan fingerprint density at radius 2 is 1.78 bits per heavy atom. The molecule has 0 aromatic carbocycles. The molecule has 0 N–H and O–H groups in total. The highest BCUT2D eigenvalue weighted by Gasteiger charge is 2.36. The normalized spacial score (nSPS) is 41.3. The third-order valence-corrected chi connectivity index (χ3v) is 4.49. The minimum atomic E-state index is -0.0824. The topological polar surface area (TPSA) is 42.2 Å². The van der Waals surface area contributed by atoms with Gasteiger partial charge in [-0.05, 0) is 38.0 Å². The first-order valence-corrected chi connectivity index (χ1v) is 7.32. The van der Waals surface area contributed by atoms with Crippen LogP contribution in [-0.4, -0.2) is 25.4 Å². The van der Waals surface area contributed by atoms with Crippen LogP contribution in [0.25, 0.3) is 0 Å². The summed E-state index contributed by atoms with van der Waals surface area (Å²) in [5, 5.41) is 9.33. The van der Waals surface area contributed by atoms with Crippen molar-refractivity contribution in [3.63, 3.8) is 0 Å². The molecular weight excluding hydrogens is 226 g/mol. The van der Waals surface area contributed by atoms with E-state index in [-0.39, 0.29) is 18.1 Å². The van der Waals surface area contributed by atoms with Gasteiger partial charge in [-0.25, -0.2) is 0 Å². The summed E-state index contributed by atoms with van der Waals surface area (Å²) in [6.45, 7) is 2.30. The molecule has 3 nitrogen and oxygen atoms in total. The first-order chi connectivity index (χ1) is 8.74. The van der Waals surface area contributed by atoms with Crippen LogP contribution in [0.5, 0.6) is 0 Å². The second-order valence-electron chi connectivity index (χ2n) is 5.93. The van der Waals surface area contributed by atoms with Crippen LogP contribution in [-0.2, 0) is 9.47 Å². The maximum Gasteiger partial charge on any atom is 0.0986 e. The molecule has 18 heavy (non-hydrogen) atoms. The average Bonchev–Trinajstić information content (AvgIpc) is 2.38. The largest absolute Gasteiger partial charge is 0.380 e. The van der Waals surface area contributed by atoms with Crippen molar-refractivity contribution in [2.75, 3.05) is 7.11 Å². The third-order valence-electron chi connectivity index (χ3n) is 4.49. The fourth-order valence-electron chi connectivity index (χ4n) is 3.45. The van der Waals surface area contributed by atoms with Crippen molar-refractivity contribution < 1.29 is 9.47 Å². The van der Waals surface area contributed by atoms with Gasteiger partial charge in [-0.3, -0.25) is 0 Å². The van der Waals surface area contributed by atoms with Gasteiger partial charge in [0.15, 0.2) is 0 Å². The number of hydrogen-bond donors (Lipinski definition) is 0. The lowest BCUT2D eigenvalue weighted by atomic mass is 9.83. The van der Waals surface area contributed by atoms with E-state index < -0.39 is 0 Å². The Hall–Kier alpha value is -0.590. The molecule has 0 spiro atoms. The summed E-state index contributed by atoms with van der Waals surface area (Å²) in [4.78, 5) is 0. The van der Waals surface area contributed by atoms with E-state index in [2.05, 4.69) is 13.0 Å². The van der Waals surface area contributed by atoms with Gasteiger partial charge in [-0.15, -0.1) is 0 Å². The summed E-state index contributed by atoms with van der Waals surface area (Å²) in [5.41, 5.74) is 0. The van der Waals surface area contributed by atoms with Crippen LogP contribution < -0.4 is 0 Å². The predicted molar refractivity (Wildman–Crippen MR) is 70.0 cm³/mol. The molecule has 2 rings (SSSR count). The van der Waals surface area contributed by atoms with E-state index in [9.17, 15) is 5.26 Å². The Morgan fingerprint density at radius 1 is 1.06 bits per heavy atom. The SMILES string of the molecule is COC1CCCC(OC2CCCC(C)C2)C1C#N. The molecule has 0 bridgehead atoms. The van der Waals surface area contributed by atoms with Gasteiger partial charge in [0.2, 0.25) is 0 Å². The number of hydrogen-bond acceptors (Lipinski definition) is 3. The minimum Gasteiger partial charge on any atom is -0.380 e. The summed E-state index contributed by atoms with van der Waals surface area (Å²) < 4.78 is 11.7. The zero-order chi connectivity index (χ0) is 13.0. The summed E-state index contributed by atoms with van der Waals surface area (Å²) >= 11 is 0. The molecule has 2 saturated carbocycles. The van der Waals surface area contributed by atoms with Crippen LogP contribution in [0.15, 0.2) is 0 Å². The zero-order valence-corrected chi connectivity index (χ0v) is 11.6. The quantitative estimate of drug-likeness (QED) is 0.773. The third kappa shape index (κ3) is 3.24. The highest BCUT2D eigenvalue weighted by molar-refractivity contribution is 4.98. The van der Waals surface area contributed by atoms with Crippen molar-refractivity contribution >= 4 is 0 Å². The molecule has 0 aromatic heterocycles. The van der Waals surface area contributed by atoms with Crippen LogP contribution in [0.4, 0.5) is 0 Å². The molecule has 3 heteroatoms. The van der Waals surface area contributed by atoms with Crippen molar-refractivity contribution in [3.8, 4) is 6.07 Å². The fourth-order valence-corrected chi connectivity index (χ4v) is 3.45. The Bertz CT molecular complexity index is 299. The van der Waals surface area contributed by atoms with Gasteiger partial charge in [0.05, 0.1) is 30.3 Å². The number of ether oxygens (including phenoxy) is 2. The number of rotatable bonds is 3. The smallest absolute Gasteiger partial charge is 0.0986 e. The molecule has 2 aliphatic rings. The van der Waals surface area contributed by atoms with Crippen LogP contribution in [0.1, 0.15) is 51.9 Å². The van der Waals surface area contributed by atoms with Crippen molar-refractivity contribution in [3.05, 3.63) is 0 Å². The lowest BCUT2D eigenvalue weighted by molar-refractivity contribution is -0.102. The van der Waals surface area contributed by atoms with E-state index in [1.165, 1.54) is 12.8 Å². The molecule has 5 unspecified atom stereocenters. The maximum absolute atomic E-state index is 9.33. The lowest BCUT2D eigenvalue weighted by Crippen LogP contribution is -2.40. The van der Waals surface area contributed by atoms with E-state index in [1.54, 1.807) is 7.11 Å². The van der Waals surface area contributed by atoms with E-state index in [0.717, 1.165) is 38.0 Å². The van der Waals surface area contributed by atoms with Crippen LogP contribution in [0, 0.1) is 23.2 Å². The summed E-state index contributed by atoms with van der Waals surface area (Å²) in [6.07, 6.45) is 8.56. The van der Waals surface area contributed by atoms with Crippen molar-refractivity contribution in [2.24, 2.45) is 11.8 Å². The summed E-state index contributed by atoms with van der Waals surface area (Å²) in [7, 11) is 1.71. The predicted octanol–water partition coefficient (Wildman–Crippen LogP) is 3.29. The molecule has 2 fully saturated rings. The highest BCUT2D eigenvalue weighted by Crippen LogP contribution is 2.33. The van der Waals surface area contributed by atoms with Crippen molar-refractivity contribution in [2.45, 2.75) is 70.2 Å². The Kier molecular flexibility index (Phi) is 5.03. The minimum absolute atomic E-state index is 0.0646. The first kappa shape index (κ1) is 13.8. The van der Waals surface area contributed by atoms with Gasteiger partial charge >= 0.3 is 0 Å². The molecule has 0 saturated heterocycles. The second-order valence-corrected chi connectivity index (χ2v) is 5.93. The number of nitrogens with zero attached hydrogens (tertiary/aromatic N) is 1. The second kappa shape index (κ2) is 6.54. The Labute approximate surface area is 110 Å². The van der Waals surface area contributed by atoms with Crippen molar-refractivity contribution in [1.82, 2.24) is 0 Å². The molecule has 5 atom stereocenters. The molecule has 2 aliphatic carbocycles. The maximum atomic E-state index is 9.33. The van der Waals surface area contributed by atoms with Crippen molar-refractivity contribution in [1.29, 1.82) is 5.26 Å². The molecule has 0 radical (unpaired) electrons. The summed E-state index contributed by atoms with van der Waals surface area (Å²) in [6, 6.07) is 2.41. The van der Waals surface area contributed by atoms with Crippen LogP contribution >= 0.6 is 0 Å². The number of methoxy groups -OCH3 is 1. The van der Waals surface area contributed by atoms with E-state index in [1.807, 2.05) is 0 Å². The Balaban J connectivity index is 1.92. The van der Waals surface area contributed by atoms with Crippen LogP contribution in [0.3, 0.4) is 0 Å².